The third kappa shape index (κ3) is 3.66. The van der Waals surface area contributed by atoms with Gasteiger partial charge in [-0.2, -0.15) is 0 Å². The maximum atomic E-state index is 12.8. The molecule has 2 aromatic carbocycles. The molecular weight excluding hydrogens is 360 g/mol. The molecule has 0 fully saturated rings. The van der Waals surface area contributed by atoms with E-state index in [4.69, 9.17) is 10.5 Å². The molecule has 1 heterocycles. The molecule has 144 valence electrons. The van der Waals surface area contributed by atoms with Crippen LogP contribution in [-0.2, 0) is 11.8 Å². The van der Waals surface area contributed by atoms with E-state index < -0.39 is 11.8 Å². The number of primary amides is 1. The van der Waals surface area contributed by atoms with Crippen LogP contribution >= 0.6 is 0 Å². The molecule has 0 aliphatic carbocycles. The molecule has 3 rings (SSSR count). The van der Waals surface area contributed by atoms with Crippen molar-refractivity contribution in [3.05, 3.63) is 76.2 Å². The van der Waals surface area contributed by atoms with Gasteiger partial charge >= 0.3 is 0 Å². The lowest BCUT2D eigenvalue weighted by atomic mass is 10.2. The number of hydrogen-bond donors (Lipinski definition) is 2. The number of anilines is 1. The van der Waals surface area contributed by atoms with Gasteiger partial charge < -0.3 is 15.8 Å². The number of carbonyl (C=O) groups is 2. The zero-order valence-electron chi connectivity index (χ0n) is 15.5. The zero-order valence-corrected chi connectivity index (χ0v) is 15.5. The monoisotopic (exact) mass is 380 g/mol. The van der Waals surface area contributed by atoms with Gasteiger partial charge in [0.2, 0.25) is 0 Å². The minimum atomic E-state index is -0.652. The fourth-order valence-electron chi connectivity index (χ4n) is 2.83. The van der Waals surface area contributed by atoms with Gasteiger partial charge in [0.25, 0.3) is 17.4 Å². The molecule has 2 amide bonds. The molecule has 1 aromatic heterocycles. The Bertz CT molecular complexity index is 1080. The number of para-hydroxylation sites is 2. The molecule has 8 heteroatoms. The number of amides is 2. The molecule has 0 saturated heterocycles. The Balaban J connectivity index is 1.79. The van der Waals surface area contributed by atoms with Crippen molar-refractivity contribution in [1.82, 2.24) is 9.36 Å². The van der Waals surface area contributed by atoms with Gasteiger partial charge in [-0.25, -0.2) is 4.68 Å². The highest BCUT2D eigenvalue weighted by molar-refractivity contribution is 5.96. The standard InChI is InChI=1S/C20H20N4O4/c1-13-18(20(27)24(23(13)2)14-8-4-3-5-9-14)22-17(25)12-28-16-11-7-6-10-15(16)19(21)26/h3-11H,12H2,1-2H3,(H2,21,26)(H,22,25). The van der Waals surface area contributed by atoms with Gasteiger partial charge in [0.05, 0.1) is 16.9 Å². The number of hydrogen-bond acceptors (Lipinski definition) is 4. The van der Waals surface area contributed by atoms with E-state index in [1.165, 1.54) is 10.7 Å². The highest BCUT2D eigenvalue weighted by Gasteiger charge is 2.18. The Labute approximate surface area is 161 Å². The van der Waals surface area contributed by atoms with Gasteiger partial charge in [-0.15, -0.1) is 0 Å². The quantitative estimate of drug-likeness (QED) is 0.677. The summed E-state index contributed by atoms with van der Waals surface area (Å²) >= 11 is 0. The molecule has 0 spiro atoms. The van der Waals surface area contributed by atoms with Gasteiger partial charge in [0.1, 0.15) is 11.4 Å². The second-order valence-electron chi connectivity index (χ2n) is 6.13. The van der Waals surface area contributed by atoms with Crippen LogP contribution in [0.15, 0.2) is 59.4 Å². The normalized spacial score (nSPS) is 10.5. The topological polar surface area (TPSA) is 108 Å². The van der Waals surface area contributed by atoms with E-state index in [9.17, 15) is 14.4 Å². The van der Waals surface area contributed by atoms with Crippen molar-refractivity contribution in [2.75, 3.05) is 11.9 Å². The Morgan fingerprint density at radius 1 is 1.07 bits per heavy atom. The van der Waals surface area contributed by atoms with Crippen LogP contribution in [0.1, 0.15) is 16.1 Å². The van der Waals surface area contributed by atoms with Crippen molar-refractivity contribution >= 4 is 17.5 Å². The summed E-state index contributed by atoms with van der Waals surface area (Å²) in [5, 5.41) is 2.59. The summed E-state index contributed by atoms with van der Waals surface area (Å²) in [6.45, 7) is 1.36. The van der Waals surface area contributed by atoms with E-state index in [-0.39, 0.29) is 29.2 Å². The molecular formula is C20H20N4O4. The molecule has 0 aliphatic heterocycles. The molecule has 0 radical (unpaired) electrons. The predicted molar refractivity (Wildman–Crippen MR) is 105 cm³/mol. The minimum Gasteiger partial charge on any atom is -0.483 e. The molecule has 0 atom stereocenters. The number of nitrogens with two attached hydrogens (primary N) is 1. The second kappa shape index (κ2) is 7.83. The average molecular weight is 380 g/mol. The van der Waals surface area contributed by atoms with Crippen LogP contribution in [0.2, 0.25) is 0 Å². The van der Waals surface area contributed by atoms with E-state index in [1.807, 2.05) is 18.2 Å². The lowest BCUT2D eigenvalue weighted by Crippen LogP contribution is -2.26. The lowest BCUT2D eigenvalue weighted by molar-refractivity contribution is -0.118. The average Bonchev–Trinajstić information content (AvgIpc) is 2.90. The molecule has 0 aliphatic rings. The van der Waals surface area contributed by atoms with Crippen LogP contribution < -0.4 is 21.3 Å². The summed E-state index contributed by atoms with van der Waals surface area (Å²) in [6.07, 6.45) is 0. The SMILES string of the molecule is Cc1c(NC(=O)COc2ccccc2C(N)=O)c(=O)n(-c2ccccc2)n1C. The van der Waals surface area contributed by atoms with Crippen molar-refractivity contribution in [3.8, 4) is 11.4 Å². The molecule has 0 unspecified atom stereocenters. The molecule has 3 N–H and O–H groups in total. The van der Waals surface area contributed by atoms with Gasteiger partial charge in [0, 0.05) is 7.05 Å². The van der Waals surface area contributed by atoms with Crippen LogP contribution in [0.5, 0.6) is 5.75 Å². The first-order valence-electron chi connectivity index (χ1n) is 8.55. The summed E-state index contributed by atoms with van der Waals surface area (Å²) in [5.41, 5.74) is 6.57. The first-order chi connectivity index (χ1) is 13.4. The molecule has 3 aromatic rings. The summed E-state index contributed by atoms with van der Waals surface area (Å²) in [5.74, 6) is -0.970. The Kier molecular flexibility index (Phi) is 5.30. The third-order valence-electron chi connectivity index (χ3n) is 4.33. The Morgan fingerprint density at radius 2 is 1.71 bits per heavy atom. The smallest absolute Gasteiger partial charge is 0.295 e. The van der Waals surface area contributed by atoms with E-state index in [0.717, 1.165) is 0 Å². The Morgan fingerprint density at radius 3 is 2.39 bits per heavy atom. The number of rotatable bonds is 6. The number of aromatic nitrogens is 2. The summed E-state index contributed by atoms with van der Waals surface area (Å²) in [7, 11) is 1.74. The maximum Gasteiger partial charge on any atom is 0.295 e. The highest BCUT2D eigenvalue weighted by atomic mass is 16.5. The van der Waals surface area contributed by atoms with Crippen LogP contribution in [0.25, 0.3) is 5.69 Å². The van der Waals surface area contributed by atoms with Crippen LogP contribution in [0.3, 0.4) is 0 Å². The minimum absolute atomic E-state index is 0.170. The molecule has 8 nitrogen and oxygen atoms in total. The predicted octanol–water partition coefficient (Wildman–Crippen LogP) is 1.60. The van der Waals surface area contributed by atoms with Crippen LogP contribution in [0.4, 0.5) is 5.69 Å². The van der Waals surface area contributed by atoms with E-state index in [1.54, 1.807) is 49.0 Å². The van der Waals surface area contributed by atoms with Crippen LogP contribution in [-0.4, -0.2) is 27.8 Å². The molecule has 0 bridgehead atoms. The number of nitrogens with one attached hydrogen (secondary N) is 1. The first kappa shape index (κ1) is 19.0. The maximum absolute atomic E-state index is 12.8. The largest absolute Gasteiger partial charge is 0.483 e. The second-order valence-corrected chi connectivity index (χ2v) is 6.13. The van der Waals surface area contributed by atoms with Gasteiger partial charge in [-0.1, -0.05) is 30.3 Å². The number of carbonyl (C=O) groups excluding carboxylic acids is 2. The lowest BCUT2D eigenvalue weighted by Gasteiger charge is -2.09. The summed E-state index contributed by atoms with van der Waals surface area (Å²) < 4.78 is 8.54. The molecule has 0 saturated carbocycles. The Hall–Kier alpha value is -3.81. The zero-order chi connectivity index (χ0) is 20.3. The van der Waals surface area contributed by atoms with Crippen molar-refractivity contribution in [2.24, 2.45) is 12.8 Å². The van der Waals surface area contributed by atoms with Crippen molar-refractivity contribution in [3.63, 3.8) is 0 Å². The van der Waals surface area contributed by atoms with Crippen molar-refractivity contribution < 1.29 is 14.3 Å². The van der Waals surface area contributed by atoms with E-state index in [2.05, 4.69) is 5.32 Å². The van der Waals surface area contributed by atoms with E-state index >= 15 is 0 Å². The first-order valence-corrected chi connectivity index (χ1v) is 8.55. The fraction of sp³-hybridized carbons (Fsp3) is 0.150. The van der Waals surface area contributed by atoms with Gasteiger partial charge in [-0.3, -0.25) is 19.1 Å². The third-order valence-corrected chi connectivity index (χ3v) is 4.33. The van der Waals surface area contributed by atoms with Crippen molar-refractivity contribution in [1.29, 1.82) is 0 Å². The molecule has 28 heavy (non-hydrogen) atoms. The summed E-state index contributed by atoms with van der Waals surface area (Å²) in [6, 6.07) is 15.5. The summed E-state index contributed by atoms with van der Waals surface area (Å²) in [4.78, 5) is 36.5. The van der Waals surface area contributed by atoms with Gasteiger partial charge in [-0.05, 0) is 31.2 Å². The van der Waals surface area contributed by atoms with E-state index in [0.29, 0.717) is 11.4 Å². The fourth-order valence-corrected chi connectivity index (χ4v) is 2.83. The number of benzene rings is 2. The number of ether oxygens (including phenoxy) is 1. The van der Waals surface area contributed by atoms with Crippen molar-refractivity contribution in [2.45, 2.75) is 6.92 Å². The highest BCUT2D eigenvalue weighted by Crippen LogP contribution is 2.18. The van der Waals surface area contributed by atoms with Gasteiger partial charge in [0.15, 0.2) is 6.61 Å². The van der Waals surface area contributed by atoms with Crippen LogP contribution in [0, 0.1) is 6.92 Å². The number of nitrogens with zero attached hydrogens (tertiary/aromatic N) is 2.